The third-order valence-corrected chi connectivity index (χ3v) is 1.11. The fourth-order valence-corrected chi connectivity index (χ4v) is 0.681. The van der Waals surface area contributed by atoms with Crippen molar-refractivity contribution in [1.82, 2.24) is 4.98 Å². The predicted octanol–water partition coefficient (Wildman–Crippen LogP) is -0.0273. The number of hydrogen-bond acceptors (Lipinski definition) is 2. The molecule has 0 amide bonds. The lowest BCUT2D eigenvalue weighted by Gasteiger charge is -1.93. The van der Waals surface area contributed by atoms with Gasteiger partial charge < -0.3 is 5.73 Å². The lowest BCUT2D eigenvalue weighted by molar-refractivity contribution is 0.577. The summed E-state index contributed by atoms with van der Waals surface area (Å²) in [7, 11) is 0. The van der Waals surface area contributed by atoms with Gasteiger partial charge in [0.2, 0.25) is 5.56 Å². The van der Waals surface area contributed by atoms with E-state index in [4.69, 9.17) is 5.73 Å². The lowest BCUT2D eigenvalue weighted by atomic mass is 10.3. The Labute approximate surface area is 56.7 Å². The topological polar surface area (TPSA) is 58.9 Å². The Morgan fingerprint density at radius 3 is 2.80 bits per heavy atom. The number of nitrogens with two attached hydrogens (primary N) is 1. The molecule has 10 heavy (non-hydrogen) atoms. The van der Waals surface area contributed by atoms with Gasteiger partial charge in [-0.3, -0.25) is 9.78 Å². The second-order valence-corrected chi connectivity index (χ2v) is 1.90. The number of halogens is 1. The van der Waals surface area contributed by atoms with Gasteiger partial charge in [-0.05, 0) is 11.6 Å². The highest BCUT2D eigenvalue weighted by Gasteiger charge is 1.94. The molecule has 0 unspecified atom stereocenters. The van der Waals surface area contributed by atoms with E-state index in [1.807, 2.05) is 4.98 Å². The number of H-pyrrole nitrogens is 1. The van der Waals surface area contributed by atoms with Crippen molar-refractivity contribution in [1.29, 1.82) is 0 Å². The van der Waals surface area contributed by atoms with Crippen molar-refractivity contribution in [3.63, 3.8) is 0 Å². The maximum atomic E-state index is 12.3. The summed E-state index contributed by atoms with van der Waals surface area (Å²) in [5.74, 6) is -0.645. The Kier molecular flexibility index (Phi) is 1.82. The van der Waals surface area contributed by atoms with Crippen LogP contribution in [0.5, 0.6) is 0 Å². The molecule has 3 nitrogen and oxygen atoms in total. The van der Waals surface area contributed by atoms with E-state index in [1.54, 1.807) is 0 Å². The van der Waals surface area contributed by atoms with E-state index in [2.05, 4.69) is 0 Å². The Balaban J connectivity index is 3.19. The minimum absolute atomic E-state index is 0.181. The summed E-state index contributed by atoms with van der Waals surface area (Å²) in [5.41, 5.74) is 5.21. The number of pyridine rings is 1. The average Bonchev–Trinajstić information content (AvgIpc) is 1.85. The first-order valence-electron chi connectivity index (χ1n) is 2.81. The lowest BCUT2D eigenvalue weighted by Crippen LogP contribution is -2.09. The standard InChI is InChI=1S/C6H7FN2O/c7-5-1-4(3-8)2-6(10)9-5/h1-2H,3,8H2,(H,9,10). The molecule has 0 radical (unpaired) electrons. The van der Waals surface area contributed by atoms with Crippen LogP contribution in [0.25, 0.3) is 0 Å². The molecule has 0 bridgehead atoms. The molecule has 0 aliphatic rings. The molecule has 1 aromatic heterocycles. The Morgan fingerprint density at radius 1 is 1.60 bits per heavy atom. The molecular weight excluding hydrogens is 135 g/mol. The molecule has 4 heteroatoms. The zero-order valence-corrected chi connectivity index (χ0v) is 5.23. The SMILES string of the molecule is NCc1cc(F)[nH]c(=O)c1. The highest BCUT2D eigenvalue weighted by Crippen LogP contribution is 1.93. The maximum absolute atomic E-state index is 12.3. The van der Waals surface area contributed by atoms with Gasteiger partial charge >= 0.3 is 0 Å². The molecular formula is C6H7FN2O. The van der Waals surface area contributed by atoms with Crippen LogP contribution in [0.3, 0.4) is 0 Å². The summed E-state index contributed by atoms with van der Waals surface area (Å²) < 4.78 is 12.3. The van der Waals surface area contributed by atoms with E-state index in [0.29, 0.717) is 5.56 Å². The minimum atomic E-state index is -0.645. The van der Waals surface area contributed by atoms with Gasteiger partial charge in [0, 0.05) is 12.6 Å². The summed E-state index contributed by atoms with van der Waals surface area (Å²) in [6, 6.07) is 2.46. The molecule has 54 valence electrons. The van der Waals surface area contributed by atoms with Crippen molar-refractivity contribution < 1.29 is 4.39 Å². The summed E-state index contributed by atoms with van der Waals surface area (Å²) in [6.45, 7) is 0.181. The smallest absolute Gasteiger partial charge is 0.250 e. The van der Waals surface area contributed by atoms with Crippen molar-refractivity contribution in [3.05, 3.63) is 34.0 Å². The average molecular weight is 142 g/mol. The highest BCUT2D eigenvalue weighted by molar-refractivity contribution is 5.09. The summed E-state index contributed by atoms with van der Waals surface area (Å²) in [4.78, 5) is 12.5. The molecule has 0 aromatic carbocycles. The molecule has 1 heterocycles. The summed E-state index contributed by atoms with van der Waals surface area (Å²) >= 11 is 0. The van der Waals surface area contributed by atoms with Crippen molar-refractivity contribution in [2.45, 2.75) is 6.54 Å². The summed E-state index contributed by atoms with van der Waals surface area (Å²) in [6.07, 6.45) is 0. The highest BCUT2D eigenvalue weighted by atomic mass is 19.1. The van der Waals surface area contributed by atoms with E-state index >= 15 is 0 Å². The van der Waals surface area contributed by atoms with Gasteiger partial charge in [-0.15, -0.1) is 0 Å². The van der Waals surface area contributed by atoms with E-state index in [0.717, 1.165) is 0 Å². The zero-order valence-electron chi connectivity index (χ0n) is 5.23. The van der Waals surface area contributed by atoms with Gasteiger partial charge in [-0.25, -0.2) is 0 Å². The second kappa shape index (κ2) is 2.62. The van der Waals surface area contributed by atoms with Crippen molar-refractivity contribution in [2.75, 3.05) is 0 Å². The van der Waals surface area contributed by atoms with Crippen molar-refractivity contribution in [3.8, 4) is 0 Å². The van der Waals surface area contributed by atoms with E-state index in [9.17, 15) is 9.18 Å². The Hall–Kier alpha value is -1.16. The van der Waals surface area contributed by atoms with Crippen LogP contribution in [-0.2, 0) is 6.54 Å². The first-order valence-corrected chi connectivity index (χ1v) is 2.81. The molecule has 0 saturated heterocycles. The monoisotopic (exact) mass is 142 g/mol. The first-order chi connectivity index (χ1) is 4.72. The number of rotatable bonds is 1. The van der Waals surface area contributed by atoms with Gasteiger partial charge in [-0.2, -0.15) is 4.39 Å². The van der Waals surface area contributed by atoms with Crippen LogP contribution in [0.4, 0.5) is 4.39 Å². The van der Waals surface area contributed by atoms with Crippen LogP contribution in [0.2, 0.25) is 0 Å². The molecule has 1 aromatic rings. The van der Waals surface area contributed by atoms with E-state index < -0.39 is 11.5 Å². The second-order valence-electron chi connectivity index (χ2n) is 1.90. The van der Waals surface area contributed by atoms with Crippen LogP contribution in [0.1, 0.15) is 5.56 Å². The molecule has 0 spiro atoms. The molecule has 0 fully saturated rings. The Morgan fingerprint density at radius 2 is 2.30 bits per heavy atom. The van der Waals surface area contributed by atoms with Gasteiger partial charge in [0.1, 0.15) is 0 Å². The molecule has 0 atom stereocenters. The molecule has 0 aliphatic heterocycles. The van der Waals surface area contributed by atoms with Gasteiger partial charge in [-0.1, -0.05) is 0 Å². The van der Waals surface area contributed by atoms with Crippen LogP contribution < -0.4 is 11.3 Å². The van der Waals surface area contributed by atoms with E-state index in [1.165, 1.54) is 12.1 Å². The predicted molar refractivity (Wildman–Crippen MR) is 34.9 cm³/mol. The molecule has 1 rings (SSSR count). The van der Waals surface area contributed by atoms with E-state index in [-0.39, 0.29) is 6.54 Å². The van der Waals surface area contributed by atoms with Crippen LogP contribution in [-0.4, -0.2) is 4.98 Å². The number of aromatic amines is 1. The minimum Gasteiger partial charge on any atom is -0.326 e. The van der Waals surface area contributed by atoms with Crippen molar-refractivity contribution >= 4 is 0 Å². The van der Waals surface area contributed by atoms with Crippen LogP contribution in [0, 0.1) is 5.95 Å². The zero-order chi connectivity index (χ0) is 7.56. The number of aromatic nitrogens is 1. The van der Waals surface area contributed by atoms with Crippen LogP contribution in [0.15, 0.2) is 16.9 Å². The third kappa shape index (κ3) is 1.41. The summed E-state index contributed by atoms with van der Waals surface area (Å²) in [5, 5.41) is 0. The van der Waals surface area contributed by atoms with Crippen molar-refractivity contribution in [2.24, 2.45) is 5.73 Å². The van der Waals surface area contributed by atoms with Gasteiger partial charge in [0.15, 0.2) is 5.95 Å². The van der Waals surface area contributed by atoms with Gasteiger partial charge in [0.25, 0.3) is 0 Å². The number of hydrogen-bond donors (Lipinski definition) is 2. The Bertz CT molecular complexity index is 281. The molecule has 0 aliphatic carbocycles. The largest absolute Gasteiger partial charge is 0.326 e. The number of nitrogens with one attached hydrogen (secondary N) is 1. The quantitative estimate of drug-likeness (QED) is 0.541. The first kappa shape index (κ1) is 6.95. The molecule has 0 saturated carbocycles. The normalized spacial score (nSPS) is 9.80. The van der Waals surface area contributed by atoms with Crippen LogP contribution >= 0.6 is 0 Å². The van der Waals surface area contributed by atoms with Gasteiger partial charge in [0.05, 0.1) is 0 Å². The fourth-order valence-electron chi connectivity index (χ4n) is 0.681. The third-order valence-electron chi connectivity index (χ3n) is 1.11. The fraction of sp³-hybridized carbons (Fsp3) is 0.167. The maximum Gasteiger partial charge on any atom is 0.250 e. The molecule has 3 N–H and O–H groups in total.